The molecule has 0 saturated carbocycles. The van der Waals surface area contributed by atoms with Crippen LogP contribution < -0.4 is 0 Å². The van der Waals surface area contributed by atoms with Gasteiger partial charge in [-0.25, -0.2) is 0 Å². The molecule has 0 rings (SSSR count). The van der Waals surface area contributed by atoms with Gasteiger partial charge >= 0.3 is 52.5 Å². The molecule has 0 aliphatic carbocycles. The zero-order chi connectivity index (χ0) is 14.6. The standard InChI is InChI=1S/C6H15NO3.C3H7O.3H2O.Ti/c8-4-1-7(2-5-9)3-6-10;1-3(2)4;;;;/h8-10H,1-6H2;3H,1-2H3;3*1H2;/q;-1;;;;+4/p-3. The zero-order valence-electron chi connectivity index (χ0n) is 10.9. The maximum Gasteiger partial charge on any atom is 0.0558 e. The van der Waals surface area contributed by atoms with Gasteiger partial charge in [-0.05, 0) is 0 Å². The topological polar surface area (TPSA) is 134 Å². The summed E-state index contributed by atoms with van der Waals surface area (Å²) in [4.78, 5) is 1.79. The van der Waals surface area contributed by atoms with Crippen molar-refractivity contribution < 1.29 is 47.8 Å². The molecule has 0 atom stereocenters. The number of hydrogen-bond acceptors (Lipinski definition) is 8. The molecule has 0 aromatic carbocycles. The molecule has 0 aromatic heterocycles. The SMILES string of the molecule is CC(C)[O][Ti]([OH])([OH])[OH].OCCN(CCO)CCO. The average molecular weight is 307 g/mol. The van der Waals surface area contributed by atoms with E-state index in [9.17, 15) is 0 Å². The molecule has 0 bridgehead atoms. The van der Waals surface area contributed by atoms with Gasteiger partial charge < -0.3 is 15.3 Å². The first-order valence-corrected chi connectivity index (χ1v) is 8.40. The van der Waals surface area contributed by atoms with E-state index < -0.39 is 18.1 Å². The molecule has 0 aromatic rings. The van der Waals surface area contributed by atoms with E-state index in [0.29, 0.717) is 19.6 Å². The molecule has 6 N–H and O–H groups in total. The summed E-state index contributed by atoms with van der Waals surface area (Å²) in [6.07, 6.45) is -0.324. The first-order valence-electron chi connectivity index (χ1n) is 5.66. The van der Waals surface area contributed by atoms with E-state index in [1.807, 2.05) is 0 Å². The van der Waals surface area contributed by atoms with Gasteiger partial charge in [0.1, 0.15) is 0 Å². The normalized spacial score (nSPS) is 11.7. The number of aliphatic hydroxyl groups is 3. The van der Waals surface area contributed by atoms with Crippen LogP contribution in [0.1, 0.15) is 13.8 Å². The van der Waals surface area contributed by atoms with E-state index in [1.165, 1.54) is 0 Å². The minimum absolute atomic E-state index is 0.0694. The van der Waals surface area contributed by atoms with Gasteiger partial charge in [-0.3, -0.25) is 4.90 Å². The third kappa shape index (κ3) is 18.8. The van der Waals surface area contributed by atoms with Crippen LogP contribution in [-0.2, 0) is 21.5 Å². The molecule has 0 unspecified atom stereocenters. The summed E-state index contributed by atoms with van der Waals surface area (Å²) in [5, 5.41) is 25.5. The fourth-order valence-corrected chi connectivity index (χ4v) is 2.06. The van der Waals surface area contributed by atoms with Crippen LogP contribution in [0, 0.1) is 0 Å². The Kier molecular flexibility index (Phi) is 14.3. The summed E-state index contributed by atoms with van der Waals surface area (Å²) in [7, 11) is 0. The second-order valence-electron chi connectivity index (χ2n) is 3.75. The van der Waals surface area contributed by atoms with Crippen molar-refractivity contribution in [1.29, 1.82) is 0 Å². The predicted octanol–water partition coefficient (Wildman–Crippen LogP) is -2.53. The molecule has 9 heteroatoms. The predicted molar refractivity (Wildman–Crippen MR) is 60.6 cm³/mol. The first-order chi connectivity index (χ1) is 8.26. The van der Waals surface area contributed by atoms with Gasteiger partial charge in [0.05, 0.1) is 19.8 Å². The summed E-state index contributed by atoms with van der Waals surface area (Å²) < 4.78 is 29.1. The van der Waals surface area contributed by atoms with E-state index in [2.05, 4.69) is 3.32 Å². The van der Waals surface area contributed by atoms with Crippen LogP contribution >= 0.6 is 0 Å². The van der Waals surface area contributed by atoms with Crippen molar-refractivity contribution in [2.75, 3.05) is 39.5 Å². The fraction of sp³-hybridized carbons (Fsp3) is 1.00. The van der Waals surface area contributed by atoms with Crippen LogP contribution in [-0.4, -0.2) is 76.8 Å². The summed E-state index contributed by atoms with van der Waals surface area (Å²) in [5.74, 6) is 0. The smallest absolute Gasteiger partial charge is 0.0558 e. The third-order valence-electron chi connectivity index (χ3n) is 1.64. The summed E-state index contributed by atoms with van der Waals surface area (Å²) >= 11 is -4.66. The Labute approximate surface area is 112 Å². The molecule has 0 aliphatic rings. The summed E-state index contributed by atoms with van der Waals surface area (Å²) in [6.45, 7) is 4.98. The third-order valence-corrected chi connectivity index (χ3v) is 2.87. The Morgan fingerprint density at radius 1 is 0.889 bits per heavy atom. The maximum atomic E-state index is 8.48. The summed E-state index contributed by atoms with van der Waals surface area (Å²) in [5.41, 5.74) is 0. The second-order valence-corrected chi connectivity index (χ2v) is 5.91. The van der Waals surface area contributed by atoms with Crippen LogP contribution in [0.15, 0.2) is 0 Å². The second kappa shape index (κ2) is 12.4. The van der Waals surface area contributed by atoms with Crippen molar-refractivity contribution in [3.8, 4) is 0 Å². The zero-order valence-corrected chi connectivity index (χ0v) is 12.4. The van der Waals surface area contributed by atoms with Crippen molar-refractivity contribution in [3.63, 3.8) is 0 Å². The van der Waals surface area contributed by atoms with Crippen molar-refractivity contribution in [1.82, 2.24) is 4.90 Å². The fourth-order valence-electron chi connectivity index (χ4n) is 1.08. The van der Waals surface area contributed by atoms with Crippen LogP contribution in [0.3, 0.4) is 0 Å². The van der Waals surface area contributed by atoms with E-state index >= 15 is 0 Å². The van der Waals surface area contributed by atoms with Gasteiger partial charge in [0.15, 0.2) is 0 Å². The van der Waals surface area contributed by atoms with Gasteiger partial charge in [0.2, 0.25) is 0 Å². The van der Waals surface area contributed by atoms with E-state index in [1.54, 1.807) is 18.7 Å². The van der Waals surface area contributed by atoms with Crippen LogP contribution in [0.2, 0.25) is 0 Å². The molecule has 112 valence electrons. The van der Waals surface area contributed by atoms with E-state index in [-0.39, 0.29) is 25.9 Å². The molecule has 18 heavy (non-hydrogen) atoms. The quantitative estimate of drug-likeness (QED) is 0.270. The van der Waals surface area contributed by atoms with Gasteiger partial charge in [-0.1, -0.05) is 0 Å². The number of rotatable bonds is 8. The Balaban J connectivity index is 0. The van der Waals surface area contributed by atoms with Gasteiger partial charge in [-0.2, -0.15) is 0 Å². The molecule has 0 saturated heterocycles. The van der Waals surface area contributed by atoms with E-state index in [0.717, 1.165) is 0 Å². The molecular weight excluding hydrogens is 282 g/mol. The van der Waals surface area contributed by atoms with Crippen molar-refractivity contribution in [3.05, 3.63) is 0 Å². The Bertz CT molecular complexity index is 163. The first kappa shape index (κ1) is 20.7. The van der Waals surface area contributed by atoms with E-state index in [4.69, 9.17) is 26.4 Å². The van der Waals surface area contributed by atoms with Crippen LogP contribution in [0.4, 0.5) is 0 Å². The van der Waals surface area contributed by atoms with Crippen LogP contribution in [0.25, 0.3) is 0 Å². The molecule has 0 radical (unpaired) electrons. The molecule has 0 heterocycles. The molecular formula is C9H25NO7Ti. The minimum Gasteiger partial charge on any atom is -0.395 e. The monoisotopic (exact) mass is 307 g/mol. The van der Waals surface area contributed by atoms with Crippen molar-refractivity contribution in [2.24, 2.45) is 0 Å². The summed E-state index contributed by atoms with van der Waals surface area (Å²) in [6, 6.07) is 0. The maximum absolute atomic E-state index is 8.48. The van der Waals surface area contributed by atoms with Gasteiger partial charge in [0.25, 0.3) is 0 Å². The molecule has 8 nitrogen and oxygen atoms in total. The van der Waals surface area contributed by atoms with Gasteiger partial charge in [0, 0.05) is 19.6 Å². The largest absolute Gasteiger partial charge is 0.395 e. The average Bonchev–Trinajstić information content (AvgIpc) is 2.15. The Hall–Kier alpha value is 0.394. The number of hydrogen-bond donors (Lipinski definition) is 6. The van der Waals surface area contributed by atoms with Gasteiger partial charge in [-0.15, -0.1) is 0 Å². The molecule has 0 fully saturated rings. The van der Waals surface area contributed by atoms with Crippen molar-refractivity contribution >= 4 is 0 Å². The van der Waals surface area contributed by atoms with Crippen LogP contribution in [0.5, 0.6) is 0 Å². The van der Waals surface area contributed by atoms with Crippen molar-refractivity contribution in [2.45, 2.75) is 20.0 Å². The Morgan fingerprint density at radius 3 is 1.33 bits per heavy atom. The molecule has 0 spiro atoms. The Morgan fingerprint density at radius 2 is 1.22 bits per heavy atom. The molecule has 0 aliphatic heterocycles. The molecule has 0 amide bonds. The number of aliphatic hydroxyl groups excluding tert-OH is 3. The number of nitrogens with zero attached hydrogens (tertiary/aromatic N) is 1. The minimum atomic E-state index is -4.66.